The number of rotatable bonds is 3. The maximum Gasteiger partial charge on any atom is 0.0782 e. The summed E-state index contributed by atoms with van der Waals surface area (Å²) in [6.07, 6.45) is 6.08. The van der Waals surface area contributed by atoms with E-state index in [4.69, 9.17) is 0 Å². The van der Waals surface area contributed by atoms with Crippen LogP contribution in [0, 0.1) is 0 Å². The molecule has 21 heavy (non-hydrogen) atoms. The van der Waals surface area contributed by atoms with Crippen LogP contribution in [-0.2, 0) is 0 Å². The van der Waals surface area contributed by atoms with E-state index in [2.05, 4.69) is 54.9 Å². The quantitative estimate of drug-likeness (QED) is 0.611. The second-order valence-electron chi connectivity index (χ2n) is 4.76. The summed E-state index contributed by atoms with van der Waals surface area (Å²) in [5.41, 5.74) is 4.42. The van der Waals surface area contributed by atoms with Crippen LogP contribution in [0.5, 0.6) is 0 Å². The zero-order valence-corrected chi connectivity index (χ0v) is 13.8. The van der Waals surface area contributed by atoms with E-state index in [1.165, 1.54) is 16.3 Å². The topological polar surface area (TPSA) is 12.9 Å². The van der Waals surface area contributed by atoms with Crippen molar-refractivity contribution < 1.29 is 0 Å². The van der Waals surface area contributed by atoms with Crippen LogP contribution < -0.4 is 0 Å². The average Bonchev–Trinajstić information content (AvgIpc) is 2.53. The Morgan fingerprint density at radius 3 is 2.38 bits per heavy atom. The molecule has 0 saturated heterocycles. The minimum Gasteiger partial charge on any atom is -0.256 e. The highest BCUT2D eigenvalue weighted by molar-refractivity contribution is 5.95. The van der Waals surface area contributed by atoms with E-state index >= 15 is 0 Å². The Balaban J connectivity index is 0.00000106. The number of allylic oxidation sites excluding steroid dienone is 5. The summed E-state index contributed by atoms with van der Waals surface area (Å²) in [5.74, 6) is 0. The standard InChI is InChI=1S/C18H19N.C2H6/c1-5-14(4)17(12-13(2)3)18-16-9-7-6-8-15(16)10-11-19-18;1-2/h5-12H,2H2,1,3-4H3;1-2H3/b14-5-,17-12+;. The number of benzene rings is 1. The van der Waals surface area contributed by atoms with Gasteiger partial charge in [0.05, 0.1) is 5.69 Å². The number of hydrogen-bond acceptors (Lipinski definition) is 1. The van der Waals surface area contributed by atoms with Crippen LogP contribution in [0.1, 0.15) is 40.3 Å². The van der Waals surface area contributed by atoms with Crippen LogP contribution in [0.3, 0.4) is 0 Å². The first-order valence-corrected chi connectivity index (χ1v) is 7.48. The molecule has 2 aromatic rings. The van der Waals surface area contributed by atoms with Gasteiger partial charge < -0.3 is 0 Å². The molecule has 110 valence electrons. The van der Waals surface area contributed by atoms with Crippen LogP contribution in [0.25, 0.3) is 16.3 Å². The predicted octanol–water partition coefficient (Wildman–Crippen LogP) is 6.19. The van der Waals surface area contributed by atoms with Gasteiger partial charge in [0.2, 0.25) is 0 Å². The summed E-state index contributed by atoms with van der Waals surface area (Å²) in [5, 5.41) is 2.39. The molecule has 1 heterocycles. The normalized spacial score (nSPS) is 11.9. The minimum absolute atomic E-state index is 1.02. The van der Waals surface area contributed by atoms with Gasteiger partial charge >= 0.3 is 0 Å². The van der Waals surface area contributed by atoms with Gasteiger partial charge in [-0.2, -0.15) is 0 Å². The Bertz CT molecular complexity index is 670. The molecule has 0 saturated carbocycles. The first kappa shape index (κ1) is 16.9. The molecule has 0 aliphatic carbocycles. The van der Waals surface area contributed by atoms with E-state index in [0.717, 1.165) is 16.8 Å². The van der Waals surface area contributed by atoms with Crippen molar-refractivity contribution in [2.75, 3.05) is 0 Å². The molecular formula is C20H25N. The zero-order valence-electron chi connectivity index (χ0n) is 13.8. The molecule has 0 amide bonds. The molecule has 0 N–H and O–H groups in total. The molecule has 1 heteroatoms. The molecule has 0 radical (unpaired) electrons. The Kier molecular flexibility index (Phi) is 6.61. The van der Waals surface area contributed by atoms with Crippen molar-refractivity contribution in [1.82, 2.24) is 4.98 Å². The third kappa shape index (κ3) is 4.16. The van der Waals surface area contributed by atoms with E-state index < -0.39 is 0 Å². The van der Waals surface area contributed by atoms with E-state index in [0.29, 0.717) is 0 Å². The van der Waals surface area contributed by atoms with Crippen molar-refractivity contribution in [3.05, 3.63) is 72.1 Å². The van der Waals surface area contributed by atoms with Gasteiger partial charge in [-0.25, -0.2) is 0 Å². The maximum atomic E-state index is 4.58. The van der Waals surface area contributed by atoms with Crippen molar-refractivity contribution in [3.8, 4) is 0 Å². The SMILES string of the molecule is C=C(C)/C=C(\C(C)=C/C)c1nccc2ccccc12.CC. The van der Waals surface area contributed by atoms with Gasteiger partial charge in [0, 0.05) is 17.2 Å². The fourth-order valence-corrected chi connectivity index (χ4v) is 2.11. The maximum absolute atomic E-state index is 4.58. The summed E-state index contributed by atoms with van der Waals surface area (Å²) in [4.78, 5) is 4.58. The van der Waals surface area contributed by atoms with E-state index in [-0.39, 0.29) is 0 Å². The monoisotopic (exact) mass is 279 g/mol. The fraction of sp³-hybridized carbons (Fsp3) is 0.250. The van der Waals surface area contributed by atoms with Crippen molar-refractivity contribution >= 4 is 16.3 Å². The lowest BCUT2D eigenvalue weighted by molar-refractivity contribution is 1.29. The van der Waals surface area contributed by atoms with Gasteiger partial charge in [0.15, 0.2) is 0 Å². The number of hydrogen-bond donors (Lipinski definition) is 0. The highest BCUT2D eigenvalue weighted by Gasteiger charge is 2.09. The number of fused-ring (bicyclic) bond motifs is 1. The molecule has 0 atom stereocenters. The zero-order chi connectivity index (χ0) is 15.8. The third-order valence-electron chi connectivity index (χ3n) is 3.18. The number of pyridine rings is 1. The first-order chi connectivity index (χ1) is 10.1. The van der Waals surface area contributed by atoms with Crippen molar-refractivity contribution in [2.24, 2.45) is 0 Å². The third-order valence-corrected chi connectivity index (χ3v) is 3.18. The number of aromatic nitrogens is 1. The van der Waals surface area contributed by atoms with Crippen LogP contribution in [0.4, 0.5) is 0 Å². The van der Waals surface area contributed by atoms with Crippen LogP contribution in [0.2, 0.25) is 0 Å². The Labute approximate surface area is 128 Å². The molecule has 1 aromatic heterocycles. The highest BCUT2D eigenvalue weighted by atomic mass is 14.7. The average molecular weight is 279 g/mol. The summed E-state index contributed by atoms with van der Waals surface area (Å²) in [6.45, 7) is 14.2. The second-order valence-corrected chi connectivity index (χ2v) is 4.76. The molecule has 1 nitrogen and oxygen atoms in total. The second kappa shape index (κ2) is 8.21. The molecule has 0 aliphatic rings. The van der Waals surface area contributed by atoms with Gasteiger partial charge in [0.25, 0.3) is 0 Å². The van der Waals surface area contributed by atoms with Crippen molar-refractivity contribution in [1.29, 1.82) is 0 Å². The summed E-state index contributed by atoms with van der Waals surface area (Å²) < 4.78 is 0. The lowest BCUT2D eigenvalue weighted by atomic mass is 9.97. The molecule has 1 aromatic carbocycles. The Morgan fingerprint density at radius 2 is 1.76 bits per heavy atom. The predicted molar refractivity (Wildman–Crippen MR) is 95.3 cm³/mol. The van der Waals surface area contributed by atoms with Crippen molar-refractivity contribution in [2.45, 2.75) is 34.6 Å². The molecule has 2 rings (SSSR count). The molecule has 0 unspecified atom stereocenters. The summed E-state index contributed by atoms with van der Waals surface area (Å²) in [6, 6.07) is 10.4. The van der Waals surface area contributed by atoms with E-state index in [1.54, 1.807) is 0 Å². The van der Waals surface area contributed by atoms with Crippen molar-refractivity contribution in [3.63, 3.8) is 0 Å². The molecule has 0 fully saturated rings. The van der Waals surface area contributed by atoms with Gasteiger partial charge in [-0.15, -0.1) is 0 Å². The largest absolute Gasteiger partial charge is 0.256 e. The van der Waals surface area contributed by atoms with Gasteiger partial charge in [-0.3, -0.25) is 4.98 Å². The first-order valence-electron chi connectivity index (χ1n) is 7.48. The van der Waals surface area contributed by atoms with Crippen LogP contribution in [-0.4, -0.2) is 4.98 Å². The summed E-state index contributed by atoms with van der Waals surface area (Å²) >= 11 is 0. The minimum atomic E-state index is 1.02. The lowest BCUT2D eigenvalue weighted by Crippen LogP contribution is -1.93. The van der Waals surface area contributed by atoms with Gasteiger partial charge in [0.1, 0.15) is 0 Å². The Hall–Kier alpha value is -2.15. The molecule has 0 aliphatic heterocycles. The highest BCUT2D eigenvalue weighted by Crippen LogP contribution is 2.28. The van der Waals surface area contributed by atoms with Crippen LogP contribution >= 0.6 is 0 Å². The fourth-order valence-electron chi connectivity index (χ4n) is 2.11. The van der Waals surface area contributed by atoms with E-state index in [9.17, 15) is 0 Å². The Morgan fingerprint density at radius 1 is 1.10 bits per heavy atom. The smallest absolute Gasteiger partial charge is 0.0782 e. The summed E-state index contributed by atoms with van der Waals surface area (Å²) in [7, 11) is 0. The van der Waals surface area contributed by atoms with Gasteiger partial charge in [-0.05, 0) is 37.8 Å². The number of nitrogens with zero attached hydrogens (tertiary/aromatic N) is 1. The van der Waals surface area contributed by atoms with Gasteiger partial charge in [-0.1, -0.05) is 62.4 Å². The lowest BCUT2D eigenvalue weighted by Gasteiger charge is -2.11. The molecule has 0 bridgehead atoms. The molecular weight excluding hydrogens is 254 g/mol. The molecule has 0 spiro atoms. The van der Waals surface area contributed by atoms with E-state index in [1.807, 2.05) is 40.0 Å². The van der Waals surface area contributed by atoms with Crippen LogP contribution in [0.15, 0.2) is 66.4 Å².